The molecule has 0 saturated heterocycles. The lowest BCUT2D eigenvalue weighted by Crippen LogP contribution is -2.06. The van der Waals surface area contributed by atoms with Crippen LogP contribution in [0.5, 0.6) is 0 Å². The maximum absolute atomic E-state index is 12.2. The summed E-state index contributed by atoms with van der Waals surface area (Å²) in [5.74, 6) is -0.385. The van der Waals surface area contributed by atoms with Gasteiger partial charge in [0, 0.05) is 16.7 Å². The summed E-state index contributed by atoms with van der Waals surface area (Å²) < 4.78 is 18.6. The van der Waals surface area contributed by atoms with Gasteiger partial charge in [0.25, 0.3) is 6.29 Å². The Bertz CT molecular complexity index is 774. The molecule has 6 nitrogen and oxygen atoms in total. The van der Waals surface area contributed by atoms with Crippen molar-refractivity contribution in [3.8, 4) is 0 Å². The highest BCUT2D eigenvalue weighted by Crippen LogP contribution is 2.34. The second-order valence-electron chi connectivity index (χ2n) is 5.36. The van der Waals surface area contributed by atoms with Crippen LogP contribution in [0.4, 0.5) is 0 Å². The molecule has 122 valence electrons. The number of halogens is 1. The van der Waals surface area contributed by atoms with Gasteiger partial charge in [-0.1, -0.05) is 0 Å². The van der Waals surface area contributed by atoms with E-state index < -0.39 is 6.29 Å². The minimum atomic E-state index is -0.619. The number of ether oxygens (including phenoxy) is 3. The summed E-state index contributed by atoms with van der Waals surface area (Å²) in [7, 11) is 0. The van der Waals surface area contributed by atoms with Crippen LogP contribution in [0.2, 0.25) is 0 Å². The topological polar surface area (TPSA) is 62.6 Å². The van der Waals surface area contributed by atoms with Crippen molar-refractivity contribution in [1.29, 1.82) is 0 Å². The largest absolute Gasteiger partial charge is 0.462 e. The summed E-state index contributed by atoms with van der Waals surface area (Å²) in [6.07, 6.45) is 4.10. The second-order valence-corrected chi connectivity index (χ2v) is 6.22. The molecule has 1 aliphatic rings. The first-order valence-electron chi connectivity index (χ1n) is 7.37. The van der Waals surface area contributed by atoms with Crippen LogP contribution in [-0.2, 0) is 14.2 Å². The molecule has 3 rings (SSSR count). The van der Waals surface area contributed by atoms with Gasteiger partial charge in [-0.25, -0.2) is 9.78 Å². The monoisotopic (exact) mass is 380 g/mol. The third-order valence-electron chi connectivity index (χ3n) is 3.52. The van der Waals surface area contributed by atoms with E-state index in [0.717, 1.165) is 9.99 Å². The molecule has 0 amide bonds. The van der Waals surface area contributed by atoms with Gasteiger partial charge in [0.15, 0.2) is 0 Å². The molecule has 2 aromatic rings. The molecule has 0 fully saturated rings. The highest BCUT2D eigenvalue weighted by atomic mass is 79.9. The van der Waals surface area contributed by atoms with Crippen LogP contribution >= 0.6 is 15.9 Å². The Morgan fingerprint density at radius 2 is 2.13 bits per heavy atom. The van der Waals surface area contributed by atoms with Crippen molar-refractivity contribution >= 4 is 32.9 Å². The fourth-order valence-corrected chi connectivity index (χ4v) is 2.97. The van der Waals surface area contributed by atoms with E-state index in [0.29, 0.717) is 23.4 Å². The van der Waals surface area contributed by atoms with Crippen molar-refractivity contribution in [2.24, 2.45) is 0 Å². The molecular weight excluding hydrogens is 364 g/mol. The predicted molar refractivity (Wildman–Crippen MR) is 87.8 cm³/mol. The minimum absolute atomic E-state index is 0.181. The molecule has 1 aliphatic heterocycles. The molecule has 0 N–H and O–H groups in total. The first kappa shape index (κ1) is 15.9. The average Bonchev–Trinajstić information content (AvgIpc) is 3.13. The summed E-state index contributed by atoms with van der Waals surface area (Å²) in [6, 6.07) is 2.10. The maximum Gasteiger partial charge on any atom is 0.341 e. The van der Waals surface area contributed by atoms with Gasteiger partial charge in [0.2, 0.25) is 0 Å². The SMILES string of the molecule is CCOC(=O)c1cn(C(C)C)c2cc(Br)c(C3OC=CO3)nc12. The average molecular weight is 381 g/mol. The van der Waals surface area contributed by atoms with Crippen molar-refractivity contribution in [2.75, 3.05) is 6.61 Å². The molecule has 0 radical (unpaired) electrons. The highest BCUT2D eigenvalue weighted by molar-refractivity contribution is 9.10. The number of rotatable bonds is 4. The molecule has 0 spiro atoms. The lowest BCUT2D eigenvalue weighted by atomic mass is 10.2. The molecule has 23 heavy (non-hydrogen) atoms. The van der Waals surface area contributed by atoms with Crippen LogP contribution in [-0.4, -0.2) is 22.1 Å². The number of aromatic nitrogens is 2. The number of esters is 1. The van der Waals surface area contributed by atoms with Gasteiger partial charge >= 0.3 is 5.97 Å². The van der Waals surface area contributed by atoms with Crippen LogP contribution in [0.15, 0.2) is 29.3 Å². The Kier molecular flexibility index (Phi) is 4.30. The lowest BCUT2D eigenvalue weighted by molar-refractivity contribution is -0.0283. The van der Waals surface area contributed by atoms with Crippen LogP contribution in [0.3, 0.4) is 0 Å². The van der Waals surface area contributed by atoms with Crippen molar-refractivity contribution in [3.05, 3.63) is 40.5 Å². The van der Waals surface area contributed by atoms with Gasteiger partial charge in [0.1, 0.15) is 29.3 Å². The minimum Gasteiger partial charge on any atom is -0.462 e. The standard InChI is InChI=1S/C16H17BrN2O4/c1-4-21-15(20)10-8-19(9(2)3)12-7-11(17)14(18-13(10)12)16-22-5-6-23-16/h5-9,16H,4H2,1-3H3. The van der Waals surface area contributed by atoms with E-state index in [1.807, 2.05) is 24.5 Å². The highest BCUT2D eigenvalue weighted by Gasteiger charge is 2.25. The molecule has 0 unspecified atom stereocenters. The van der Waals surface area contributed by atoms with Crippen LogP contribution in [0, 0.1) is 0 Å². The molecule has 0 aliphatic carbocycles. The van der Waals surface area contributed by atoms with Gasteiger partial charge in [-0.05, 0) is 42.8 Å². The predicted octanol–water partition coefficient (Wildman–Crippen LogP) is 4.07. The fraction of sp³-hybridized carbons (Fsp3) is 0.375. The number of hydrogen-bond donors (Lipinski definition) is 0. The van der Waals surface area contributed by atoms with E-state index in [1.54, 1.807) is 13.1 Å². The molecule has 0 bridgehead atoms. The lowest BCUT2D eigenvalue weighted by Gasteiger charge is -2.13. The van der Waals surface area contributed by atoms with E-state index >= 15 is 0 Å². The van der Waals surface area contributed by atoms with Crippen LogP contribution < -0.4 is 0 Å². The summed E-state index contributed by atoms with van der Waals surface area (Å²) in [5.41, 5.74) is 2.45. The number of nitrogens with zero attached hydrogens (tertiary/aromatic N) is 2. The zero-order valence-corrected chi connectivity index (χ0v) is 14.7. The molecule has 7 heteroatoms. The van der Waals surface area contributed by atoms with E-state index in [9.17, 15) is 4.79 Å². The van der Waals surface area contributed by atoms with Gasteiger partial charge in [0.05, 0.1) is 12.1 Å². The quantitative estimate of drug-likeness (QED) is 0.747. The Balaban J connectivity index is 2.18. The first-order valence-corrected chi connectivity index (χ1v) is 8.16. The zero-order chi connectivity index (χ0) is 16.6. The van der Waals surface area contributed by atoms with Crippen molar-refractivity contribution < 1.29 is 19.0 Å². The van der Waals surface area contributed by atoms with Crippen molar-refractivity contribution in [1.82, 2.24) is 9.55 Å². The van der Waals surface area contributed by atoms with Gasteiger partial charge in [-0.3, -0.25) is 0 Å². The van der Waals surface area contributed by atoms with Gasteiger partial charge in [-0.2, -0.15) is 0 Å². The molecule has 0 aromatic carbocycles. The van der Waals surface area contributed by atoms with Gasteiger partial charge in [-0.15, -0.1) is 0 Å². The molecule has 0 saturated carbocycles. The van der Waals surface area contributed by atoms with Crippen molar-refractivity contribution in [2.45, 2.75) is 33.1 Å². The van der Waals surface area contributed by atoms with Crippen LogP contribution in [0.1, 0.15) is 49.2 Å². The number of carbonyl (C=O) groups excluding carboxylic acids is 1. The summed E-state index contributed by atoms with van der Waals surface area (Å²) in [5, 5.41) is 0. The molecule has 2 aromatic heterocycles. The Morgan fingerprint density at radius 3 is 2.74 bits per heavy atom. The number of pyridine rings is 1. The summed E-state index contributed by atoms with van der Waals surface area (Å²) in [4.78, 5) is 16.9. The van der Waals surface area contributed by atoms with Crippen LogP contribution in [0.25, 0.3) is 11.0 Å². The summed E-state index contributed by atoms with van der Waals surface area (Å²) in [6.45, 7) is 6.18. The molecule has 3 heterocycles. The normalized spacial score (nSPS) is 14.3. The van der Waals surface area contributed by atoms with E-state index in [-0.39, 0.29) is 12.0 Å². The number of carbonyl (C=O) groups is 1. The van der Waals surface area contributed by atoms with Gasteiger partial charge < -0.3 is 18.8 Å². The third kappa shape index (κ3) is 2.81. The fourth-order valence-electron chi connectivity index (χ4n) is 2.48. The summed E-state index contributed by atoms with van der Waals surface area (Å²) >= 11 is 3.51. The van der Waals surface area contributed by atoms with Crippen molar-refractivity contribution in [3.63, 3.8) is 0 Å². The number of hydrogen-bond acceptors (Lipinski definition) is 5. The van der Waals surface area contributed by atoms with E-state index in [4.69, 9.17) is 14.2 Å². The van der Waals surface area contributed by atoms with E-state index in [2.05, 4.69) is 20.9 Å². The maximum atomic E-state index is 12.2. The Hall–Kier alpha value is -2.02. The molecule has 0 atom stereocenters. The Morgan fingerprint density at radius 1 is 1.43 bits per heavy atom. The van der Waals surface area contributed by atoms with E-state index in [1.165, 1.54) is 12.5 Å². The third-order valence-corrected chi connectivity index (χ3v) is 4.15. The zero-order valence-electron chi connectivity index (χ0n) is 13.1. The molecular formula is C16H17BrN2O4. The second kappa shape index (κ2) is 6.23. The first-order chi connectivity index (χ1) is 11.0. The smallest absolute Gasteiger partial charge is 0.341 e. The number of fused-ring (bicyclic) bond motifs is 1. The Labute approximate surface area is 142 Å².